The highest BCUT2D eigenvalue weighted by Crippen LogP contribution is 2.20. The SMILES string of the molecule is CCN(CC(C)C)[C@H](C(N)=O)C(=O)Nc1ccc(N2CCOCC2=O)cc1. The molecule has 0 unspecified atom stereocenters. The zero-order valence-electron chi connectivity index (χ0n) is 16.1. The number of morpholine rings is 1. The highest BCUT2D eigenvalue weighted by Gasteiger charge is 2.30. The standard InChI is InChI=1S/C19H28N4O4/c1-4-22(11-13(2)3)17(18(20)25)19(26)21-14-5-7-15(8-6-14)23-9-10-27-12-16(23)24/h5-8,13,17H,4,9-12H2,1-3H3,(H2,20,25)(H,21,26)/t17-/m1/s1. The molecule has 1 heterocycles. The number of carbonyl (C=O) groups is 3. The third kappa shape index (κ3) is 5.51. The summed E-state index contributed by atoms with van der Waals surface area (Å²) in [7, 11) is 0. The zero-order chi connectivity index (χ0) is 20.0. The van der Waals surface area contributed by atoms with Gasteiger partial charge in [0.05, 0.1) is 6.61 Å². The fraction of sp³-hybridized carbons (Fsp3) is 0.526. The molecular weight excluding hydrogens is 348 g/mol. The van der Waals surface area contributed by atoms with Crippen LogP contribution in [0.5, 0.6) is 0 Å². The number of benzene rings is 1. The molecule has 0 spiro atoms. The molecule has 1 atom stereocenters. The van der Waals surface area contributed by atoms with Crippen molar-refractivity contribution in [2.24, 2.45) is 11.7 Å². The number of nitrogens with one attached hydrogen (secondary N) is 1. The van der Waals surface area contributed by atoms with Crippen molar-refractivity contribution >= 4 is 29.1 Å². The molecule has 8 nitrogen and oxygen atoms in total. The van der Waals surface area contributed by atoms with Gasteiger partial charge in [-0.3, -0.25) is 19.3 Å². The molecule has 27 heavy (non-hydrogen) atoms. The molecule has 1 fully saturated rings. The molecule has 3 N–H and O–H groups in total. The van der Waals surface area contributed by atoms with Crippen LogP contribution in [0.3, 0.4) is 0 Å². The Morgan fingerprint density at radius 2 is 1.96 bits per heavy atom. The van der Waals surface area contributed by atoms with Gasteiger partial charge in [-0.1, -0.05) is 20.8 Å². The third-order valence-electron chi connectivity index (χ3n) is 4.32. The van der Waals surface area contributed by atoms with Gasteiger partial charge in [-0.05, 0) is 36.7 Å². The lowest BCUT2D eigenvalue weighted by Crippen LogP contribution is -2.53. The fourth-order valence-corrected chi connectivity index (χ4v) is 3.09. The van der Waals surface area contributed by atoms with Crippen LogP contribution in [0, 0.1) is 5.92 Å². The van der Waals surface area contributed by atoms with E-state index in [1.165, 1.54) is 0 Å². The van der Waals surface area contributed by atoms with Crippen molar-refractivity contribution < 1.29 is 19.1 Å². The molecular formula is C19H28N4O4. The number of hydrogen-bond acceptors (Lipinski definition) is 5. The summed E-state index contributed by atoms with van der Waals surface area (Å²) < 4.78 is 5.12. The third-order valence-corrected chi connectivity index (χ3v) is 4.32. The maximum absolute atomic E-state index is 12.6. The predicted molar refractivity (Wildman–Crippen MR) is 103 cm³/mol. The summed E-state index contributed by atoms with van der Waals surface area (Å²) in [5.41, 5.74) is 6.76. The molecule has 0 saturated carbocycles. The average Bonchev–Trinajstić information content (AvgIpc) is 2.61. The lowest BCUT2D eigenvalue weighted by molar-refractivity contribution is -0.132. The first kappa shape index (κ1) is 20.9. The van der Waals surface area contributed by atoms with E-state index < -0.39 is 17.9 Å². The van der Waals surface area contributed by atoms with Crippen molar-refractivity contribution in [3.8, 4) is 0 Å². The van der Waals surface area contributed by atoms with E-state index in [1.54, 1.807) is 34.1 Å². The molecule has 148 valence electrons. The second kappa shape index (κ2) is 9.48. The minimum atomic E-state index is -1.03. The average molecular weight is 376 g/mol. The Kier molecular flexibility index (Phi) is 7.32. The molecule has 1 aliphatic rings. The van der Waals surface area contributed by atoms with E-state index in [0.717, 1.165) is 5.69 Å². The molecule has 0 radical (unpaired) electrons. The molecule has 1 aromatic rings. The highest BCUT2D eigenvalue weighted by atomic mass is 16.5. The van der Waals surface area contributed by atoms with Crippen molar-refractivity contribution in [1.29, 1.82) is 0 Å². The molecule has 8 heteroatoms. The van der Waals surface area contributed by atoms with Crippen LogP contribution in [0.15, 0.2) is 24.3 Å². The van der Waals surface area contributed by atoms with Gasteiger partial charge in [-0.2, -0.15) is 0 Å². The summed E-state index contributed by atoms with van der Waals surface area (Å²) >= 11 is 0. The minimum absolute atomic E-state index is 0.0709. The van der Waals surface area contributed by atoms with E-state index in [9.17, 15) is 14.4 Å². The lowest BCUT2D eigenvalue weighted by atomic mass is 10.1. The van der Waals surface area contributed by atoms with Crippen LogP contribution in [0.2, 0.25) is 0 Å². The van der Waals surface area contributed by atoms with Crippen molar-refractivity contribution in [2.45, 2.75) is 26.8 Å². The number of anilines is 2. The molecule has 1 aliphatic heterocycles. The molecule has 0 aliphatic carbocycles. The quantitative estimate of drug-likeness (QED) is 0.654. The van der Waals surface area contributed by atoms with Gasteiger partial charge in [0, 0.05) is 24.5 Å². The monoisotopic (exact) mass is 376 g/mol. The smallest absolute Gasteiger partial charge is 0.253 e. The van der Waals surface area contributed by atoms with Crippen LogP contribution >= 0.6 is 0 Å². The second-order valence-electron chi connectivity index (χ2n) is 6.92. The Balaban J connectivity index is 2.08. The number of carbonyl (C=O) groups excluding carboxylic acids is 3. The van der Waals surface area contributed by atoms with E-state index in [-0.39, 0.29) is 12.5 Å². The van der Waals surface area contributed by atoms with Gasteiger partial charge in [-0.25, -0.2) is 0 Å². The number of primary amides is 1. The van der Waals surface area contributed by atoms with Crippen molar-refractivity contribution in [3.63, 3.8) is 0 Å². The van der Waals surface area contributed by atoms with Crippen molar-refractivity contribution in [3.05, 3.63) is 24.3 Å². The van der Waals surface area contributed by atoms with Gasteiger partial charge in [0.1, 0.15) is 6.61 Å². The molecule has 2 rings (SSSR count). The van der Waals surface area contributed by atoms with Gasteiger partial charge in [0.15, 0.2) is 6.04 Å². The van der Waals surface area contributed by atoms with Crippen molar-refractivity contribution in [2.75, 3.05) is 43.1 Å². The maximum atomic E-state index is 12.6. The van der Waals surface area contributed by atoms with Gasteiger partial charge in [0.25, 0.3) is 11.8 Å². The number of rotatable bonds is 8. The molecule has 0 aromatic heterocycles. The number of nitrogens with two attached hydrogens (primary N) is 1. The first-order valence-corrected chi connectivity index (χ1v) is 9.15. The van der Waals surface area contributed by atoms with Crippen LogP contribution in [0.25, 0.3) is 0 Å². The first-order valence-electron chi connectivity index (χ1n) is 9.15. The van der Waals surface area contributed by atoms with Gasteiger partial charge < -0.3 is 20.7 Å². The van der Waals surface area contributed by atoms with Crippen LogP contribution < -0.4 is 16.0 Å². The predicted octanol–water partition coefficient (Wildman–Crippen LogP) is 0.820. The van der Waals surface area contributed by atoms with Crippen molar-refractivity contribution in [1.82, 2.24) is 4.90 Å². The Morgan fingerprint density at radius 1 is 1.30 bits per heavy atom. The van der Waals surface area contributed by atoms with Crippen LogP contribution in [-0.4, -0.2) is 61.5 Å². The summed E-state index contributed by atoms with van der Waals surface area (Å²) in [6.07, 6.45) is 0. The summed E-state index contributed by atoms with van der Waals surface area (Å²) in [5.74, 6) is -0.935. The maximum Gasteiger partial charge on any atom is 0.253 e. The van der Waals surface area contributed by atoms with Gasteiger partial charge in [0.2, 0.25) is 5.91 Å². The summed E-state index contributed by atoms with van der Waals surface area (Å²) in [6.45, 7) is 8.12. The normalized spacial score (nSPS) is 15.9. The zero-order valence-corrected chi connectivity index (χ0v) is 16.1. The second-order valence-corrected chi connectivity index (χ2v) is 6.92. The number of hydrogen-bond donors (Lipinski definition) is 2. The van der Waals surface area contributed by atoms with Crippen LogP contribution in [-0.2, 0) is 19.1 Å². The summed E-state index contributed by atoms with van der Waals surface area (Å²) in [4.78, 5) is 39.8. The topological polar surface area (TPSA) is 105 Å². The van der Waals surface area contributed by atoms with Crippen LogP contribution in [0.4, 0.5) is 11.4 Å². The van der Waals surface area contributed by atoms with Gasteiger partial charge in [-0.15, -0.1) is 0 Å². The minimum Gasteiger partial charge on any atom is -0.370 e. The lowest BCUT2D eigenvalue weighted by Gasteiger charge is -2.29. The highest BCUT2D eigenvalue weighted by molar-refractivity contribution is 6.09. The van der Waals surface area contributed by atoms with E-state index in [2.05, 4.69) is 5.32 Å². The Morgan fingerprint density at radius 3 is 2.48 bits per heavy atom. The number of ether oxygens (including phenoxy) is 1. The van der Waals surface area contributed by atoms with E-state index in [0.29, 0.717) is 37.8 Å². The van der Waals surface area contributed by atoms with E-state index >= 15 is 0 Å². The number of nitrogens with zero attached hydrogens (tertiary/aromatic N) is 2. The van der Waals surface area contributed by atoms with Crippen LogP contribution in [0.1, 0.15) is 20.8 Å². The summed E-state index contributed by atoms with van der Waals surface area (Å²) in [5, 5.41) is 2.74. The molecule has 1 aromatic carbocycles. The molecule has 1 saturated heterocycles. The Labute approximate surface area is 159 Å². The Bertz CT molecular complexity index is 675. The fourth-order valence-electron chi connectivity index (χ4n) is 3.09. The van der Waals surface area contributed by atoms with Gasteiger partial charge >= 0.3 is 0 Å². The number of likely N-dealkylation sites (N-methyl/N-ethyl adjacent to an activating group) is 1. The molecule has 3 amide bonds. The Hall–Kier alpha value is -2.45. The van der Waals surface area contributed by atoms with E-state index in [4.69, 9.17) is 10.5 Å². The molecule has 0 bridgehead atoms. The van der Waals surface area contributed by atoms with E-state index in [1.807, 2.05) is 20.8 Å². The number of amides is 3. The first-order chi connectivity index (χ1) is 12.8. The summed E-state index contributed by atoms with van der Waals surface area (Å²) in [6, 6.07) is 5.88. The largest absolute Gasteiger partial charge is 0.370 e.